The summed E-state index contributed by atoms with van der Waals surface area (Å²) in [7, 11) is 0. The molecule has 0 rings (SSSR count). The third-order valence-corrected chi connectivity index (χ3v) is 2.74. The minimum Gasteiger partial charge on any atom is -0.381 e. The van der Waals surface area contributed by atoms with Gasteiger partial charge in [-0.1, -0.05) is 79.1 Å². The molecule has 17 heavy (non-hydrogen) atoms. The Hall–Kier alpha value is -0.0400. The summed E-state index contributed by atoms with van der Waals surface area (Å²) in [6.45, 7) is 10.8. The molecule has 0 radical (unpaired) electrons. The van der Waals surface area contributed by atoms with Gasteiger partial charge in [-0.15, -0.1) is 0 Å². The average Bonchev–Trinajstić information content (AvgIpc) is 2.36. The van der Waals surface area contributed by atoms with E-state index < -0.39 is 0 Å². The van der Waals surface area contributed by atoms with Crippen LogP contribution in [0.5, 0.6) is 0 Å². The van der Waals surface area contributed by atoms with Crippen LogP contribution in [-0.2, 0) is 4.74 Å². The second-order valence-electron chi connectivity index (χ2n) is 4.73. The maximum Gasteiger partial charge on any atom is 0.0466 e. The van der Waals surface area contributed by atoms with Gasteiger partial charge in [0.2, 0.25) is 0 Å². The first-order chi connectivity index (χ1) is 8.33. The van der Waals surface area contributed by atoms with E-state index in [-0.39, 0.29) is 0 Å². The van der Waals surface area contributed by atoms with Gasteiger partial charge < -0.3 is 4.74 Å². The summed E-state index contributed by atoms with van der Waals surface area (Å²) in [6.07, 6.45) is 13.2. The van der Waals surface area contributed by atoms with Crippen molar-refractivity contribution in [1.29, 1.82) is 0 Å². The van der Waals surface area contributed by atoms with E-state index in [1.807, 2.05) is 0 Å². The number of hydrogen-bond donors (Lipinski definition) is 0. The van der Waals surface area contributed by atoms with Crippen LogP contribution in [0.4, 0.5) is 0 Å². The second-order valence-corrected chi connectivity index (χ2v) is 4.73. The Balaban J connectivity index is 0. The normalized spacial score (nSPS) is 9.88. The Kier molecular flexibility index (Phi) is 24.1. The fraction of sp³-hybridized carbons (Fsp3) is 1.00. The summed E-state index contributed by atoms with van der Waals surface area (Å²) in [5.41, 5.74) is 0. The number of rotatable bonds is 11. The van der Waals surface area contributed by atoms with E-state index in [1.54, 1.807) is 0 Å². The minimum absolute atomic E-state index is 0.970. The molecule has 0 bridgehead atoms. The van der Waals surface area contributed by atoms with Crippen molar-refractivity contribution < 1.29 is 4.74 Å². The van der Waals surface area contributed by atoms with Gasteiger partial charge in [0.1, 0.15) is 0 Å². The summed E-state index contributed by atoms with van der Waals surface area (Å²) in [4.78, 5) is 0. The fourth-order valence-electron chi connectivity index (χ4n) is 1.51. The highest BCUT2D eigenvalue weighted by atomic mass is 16.5. The molecule has 0 spiro atoms. The van der Waals surface area contributed by atoms with Crippen molar-refractivity contribution >= 4 is 0 Å². The van der Waals surface area contributed by atoms with Gasteiger partial charge in [0.25, 0.3) is 0 Å². The predicted octanol–water partition coefficient (Wildman–Crippen LogP) is 5.97. The Bertz CT molecular complexity index is 89.7. The zero-order valence-electron chi connectivity index (χ0n) is 12.9. The van der Waals surface area contributed by atoms with Crippen LogP contribution in [0.3, 0.4) is 0 Å². The first-order valence-electron chi connectivity index (χ1n) is 7.91. The molecule has 106 valence electrons. The highest BCUT2D eigenvalue weighted by Crippen LogP contribution is 1.97. The summed E-state index contributed by atoms with van der Waals surface area (Å²) in [5.74, 6) is 0. The first-order valence-corrected chi connectivity index (χ1v) is 7.91. The molecule has 0 aromatic heterocycles. The summed E-state index contributed by atoms with van der Waals surface area (Å²) < 4.78 is 5.44. The molecule has 0 fully saturated rings. The number of hydrogen-bond acceptors (Lipinski definition) is 1. The largest absolute Gasteiger partial charge is 0.381 e. The lowest BCUT2D eigenvalue weighted by molar-refractivity contribution is 0.126. The van der Waals surface area contributed by atoms with Crippen molar-refractivity contribution in [1.82, 2.24) is 0 Å². The molecule has 0 aromatic rings. The average molecular weight is 244 g/mol. The van der Waals surface area contributed by atoms with E-state index in [1.165, 1.54) is 64.2 Å². The third kappa shape index (κ3) is 25.9. The van der Waals surface area contributed by atoms with Crippen molar-refractivity contribution in [3.63, 3.8) is 0 Å². The molecule has 0 aliphatic rings. The topological polar surface area (TPSA) is 9.23 Å². The van der Waals surface area contributed by atoms with E-state index in [0.717, 1.165) is 13.2 Å². The van der Waals surface area contributed by atoms with Crippen LogP contribution in [0, 0.1) is 0 Å². The quantitative estimate of drug-likeness (QED) is 0.407. The van der Waals surface area contributed by atoms with Crippen molar-refractivity contribution in [3.8, 4) is 0 Å². The molecule has 0 aromatic carbocycles. The molecule has 0 N–H and O–H groups in total. The Morgan fingerprint density at radius 3 is 1.06 bits per heavy atom. The van der Waals surface area contributed by atoms with E-state index in [2.05, 4.69) is 27.7 Å². The molecule has 0 amide bonds. The van der Waals surface area contributed by atoms with Gasteiger partial charge in [-0.25, -0.2) is 0 Å². The fourth-order valence-corrected chi connectivity index (χ4v) is 1.51. The lowest BCUT2D eigenvalue weighted by Gasteiger charge is -2.01. The monoisotopic (exact) mass is 244 g/mol. The van der Waals surface area contributed by atoms with Crippen molar-refractivity contribution in [3.05, 3.63) is 0 Å². The van der Waals surface area contributed by atoms with Gasteiger partial charge in [-0.05, 0) is 12.8 Å². The first kappa shape index (κ1) is 19.3. The third-order valence-electron chi connectivity index (χ3n) is 2.74. The van der Waals surface area contributed by atoms with Gasteiger partial charge in [0.15, 0.2) is 0 Å². The maximum atomic E-state index is 5.44. The SMILES string of the molecule is CCCCCC.CCCCCOCCCCC. The molecular weight excluding hydrogens is 208 g/mol. The predicted molar refractivity (Wildman–Crippen MR) is 79.7 cm³/mol. The number of ether oxygens (including phenoxy) is 1. The molecule has 0 saturated carbocycles. The van der Waals surface area contributed by atoms with Gasteiger partial charge in [0.05, 0.1) is 0 Å². The van der Waals surface area contributed by atoms with E-state index in [0.29, 0.717) is 0 Å². The highest BCUT2D eigenvalue weighted by molar-refractivity contribution is 4.38. The van der Waals surface area contributed by atoms with Gasteiger partial charge in [0, 0.05) is 13.2 Å². The number of unbranched alkanes of at least 4 members (excludes halogenated alkanes) is 7. The Morgan fingerprint density at radius 1 is 0.471 bits per heavy atom. The van der Waals surface area contributed by atoms with Crippen LogP contribution in [0.1, 0.15) is 91.9 Å². The lowest BCUT2D eigenvalue weighted by atomic mass is 10.2. The molecule has 0 atom stereocenters. The van der Waals surface area contributed by atoms with Crippen LogP contribution >= 0.6 is 0 Å². The smallest absolute Gasteiger partial charge is 0.0466 e. The van der Waals surface area contributed by atoms with Crippen molar-refractivity contribution in [2.45, 2.75) is 91.9 Å². The van der Waals surface area contributed by atoms with Crippen molar-refractivity contribution in [2.24, 2.45) is 0 Å². The van der Waals surface area contributed by atoms with Crippen LogP contribution in [0.25, 0.3) is 0 Å². The van der Waals surface area contributed by atoms with Crippen LogP contribution in [0.15, 0.2) is 0 Å². The second kappa shape index (κ2) is 21.3. The lowest BCUT2D eigenvalue weighted by Crippen LogP contribution is -1.96. The minimum atomic E-state index is 0.970. The molecule has 0 unspecified atom stereocenters. The standard InChI is InChI=1S/C10H22O.C6H14/c1-3-5-7-9-11-10-8-6-4-2;1-3-5-6-4-2/h3-10H2,1-2H3;3-6H2,1-2H3. The maximum absolute atomic E-state index is 5.44. The molecular formula is C16H36O. The summed E-state index contributed by atoms with van der Waals surface area (Å²) in [6, 6.07) is 0. The van der Waals surface area contributed by atoms with Crippen molar-refractivity contribution in [2.75, 3.05) is 13.2 Å². The Morgan fingerprint density at radius 2 is 0.765 bits per heavy atom. The van der Waals surface area contributed by atoms with Gasteiger partial charge in [-0.3, -0.25) is 0 Å². The Labute approximate surface area is 110 Å². The van der Waals surface area contributed by atoms with E-state index in [4.69, 9.17) is 4.74 Å². The van der Waals surface area contributed by atoms with Gasteiger partial charge in [-0.2, -0.15) is 0 Å². The van der Waals surface area contributed by atoms with Crippen LogP contribution < -0.4 is 0 Å². The molecule has 0 heterocycles. The summed E-state index contributed by atoms with van der Waals surface area (Å²) in [5, 5.41) is 0. The van der Waals surface area contributed by atoms with Gasteiger partial charge >= 0.3 is 0 Å². The zero-order valence-corrected chi connectivity index (χ0v) is 12.9. The highest BCUT2D eigenvalue weighted by Gasteiger charge is 1.88. The van der Waals surface area contributed by atoms with E-state index in [9.17, 15) is 0 Å². The molecule has 1 heteroatoms. The van der Waals surface area contributed by atoms with Crippen LogP contribution in [-0.4, -0.2) is 13.2 Å². The molecule has 0 saturated heterocycles. The van der Waals surface area contributed by atoms with E-state index >= 15 is 0 Å². The van der Waals surface area contributed by atoms with Crippen LogP contribution in [0.2, 0.25) is 0 Å². The molecule has 1 nitrogen and oxygen atoms in total. The molecule has 0 aliphatic carbocycles. The molecule has 0 aliphatic heterocycles. The summed E-state index contributed by atoms with van der Waals surface area (Å²) >= 11 is 0. The zero-order chi connectivity index (χ0) is 13.2.